The van der Waals surface area contributed by atoms with E-state index in [1.807, 2.05) is 71.1 Å². The Kier molecular flexibility index (Phi) is 20.9. The Hall–Kier alpha value is -9.56. The average Bonchev–Trinajstić information content (AvgIpc) is 0.971. The number of nitrogens with one attached hydrogen (secondary N) is 5. The van der Waals surface area contributed by atoms with Gasteiger partial charge in [-0.25, -0.2) is 24.4 Å². The van der Waals surface area contributed by atoms with Crippen molar-refractivity contribution in [2.75, 3.05) is 55.4 Å². The number of carbonyl (C=O) groups excluding carboxylic acids is 8. The molecule has 0 radical (unpaired) electrons. The van der Waals surface area contributed by atoms with Crippen LogP contribution in [0, 0.1) is 29.6 Å². The highest BCUT2D eigenvalue weighted by molar-refractivity contribution is 7.22. The fraction of sp³-hybridized carbons (Fsp3) is 0.465. The molecule has 3 aromatic carbocycles. The number of fused-ring (bicyclic) bond motifs is 2. The van der Waals surface area contributed by atoms with Gasteiger partial charge in [-0.15, -0.1) is 0 Å². The van der Waals surface area contributed by atoms with Crippen molar-refractivity contribution in [1.29, 1.82) is 0 Å². The number of rotatable bonds is 29. The first kappa shape index (κ1) is 68.8. The van der Waals surface area contributed by atoms with Crippen LogP contribution >= 0.6 is 11.3 Å². The van der Waals surface area contributed by atoms with Gasteiger partial charge in [-0.05, 0) is 159 Å². The number of carboxylic acid groups (broad SMARTS) is 1. The van der Waals surface area contributed by atoms with Crippen molar-refractivity contribution in [1.82, 2.24) is 45.5 Å². The van der Waals surface area contributed by atoms with E-state index in [-0.39, 0.29) is 78.6 Å². The van der Waals surface area contributed by atoms with Crippen molar-refractivity contribution >= 4 is 91.7 Å². The second-order valence-corrected chi connectivity index (χ2v) is 28.5. The van der Waals surface area contributed by atoms with Gasteiger partial charge < -0.3 is 51.4 Å². The van der Waals surface area contributed by atoms with Gasteiger partial charge in [-0.1, -0.05) is 74.9 Å². The molecule has 25 nitrogen and oxygen atoms in total. The number of aromatic carboxylic acids is 1. The Bertz CT molecular complexity index is 3990. The first-order valence-electron chi connectivity index (χ1n) is 33.3. The number of hydrogen-bond donors (Lipinski definition) is 7. The quantitative estimate of drug-likeness (QED) is 0.0170. The molecule has 3 aromatic heterocycles. The van der Waals surface area contributed by atoms with Crippen LogP contribution in [-0.2, 0) is 59.6 Å². The molecule has 26 heteroatoms. The van der Waals surface area contributed by atoms with Gasteiger partial charge in [0.2, 0.25) is 17.7 Å². The van der Waals surface area contributed by atoms with Crippen LogP contribution in [0.15, 0.2) is 97.2 Å². The normalized spacial score (nSPS) is 20.5. The second-order valence-electron chi connectivity index (χ2n) is 27.5. The Morgan fingerprint density at radius 2 is 1.63 bits per heavy atom. The molecule has 2 aliphatic heterocycles. The molecule has 8 N–H and O–H groups in total. The largest absolute Gasteiger partial charge is 0.476 e. The van der Waals surface area contributed by atoms with Crippen LogP contribution in [0.5, 0.6) is 0 Å². The number of unbranched alkanes of at least 4 members (excludes halogenated alkanes) is 2. The number of likely N-dealkylation sites (N-methyl/N-ethyl adjacent to an activating group) is 1. The van der Waals surface area contributed by atoms with Crippen molar-refractivity contribution < 1.29 is 57.7 Å². The molecule has 12 rings (SSSR count). The minimum atomic E-state index is -1.15. The Labute approximate surface area is 566 Å². The van der Waals surface area contributed by atoms with E-state index in [4.69, 9.17) is 25.3 Å². The third-order valence-electron chi connectivity index (χ3n) is 19.5. The van der Waals surface area contributed by atoms with Crippen LogP contribution in [0.2, 0.25) is 0 Å². The zero-order valence-corrected chi connectivity index (χ0v) is 56.3. The number of thiazole rings is 1. The highest BCUT2D eigenvalue weighted by Crippen LogP contribution is 2.68. The van der Waals surface area contributed by atoms with Crippen LogP contribution in [0.4, 0.5) is 26.2 Å². The van der Waals surface area contributed by atoms with Crippen LogP contribution < -0.4 is 37.2 Å². The van der Waals surface area contributed by atoms with E-state index in [9.17, 15) is 48.3 Å². The van der Waals surface area contributed by atoms with E-state index in [0.717, 1.165) is 70.5 Å². The number of nitrogens with zero attached hydrogens (tertiary/aromatic N) is 7. The minimum absolute atomic E-state index is 0.0454. The van der Waals surface area contributed by atoms with E-state index in [1.54, 1.807) is 51.4 Å². The molecule has 6 aliphatic rings. The Balaban J connectivity index is 0.656. The second kappa shape index (κ2) is 29.4. The maximum Gasteiger partial charge on any atom is 0.409 e. The van der Waals surface area contributed by atoms with Crippen molar-refractivity contribution in [3.05, 3.63) is 131 Å². The molecule has 0 saturated heterocycles. The van der Waals surface area contributed by atoms with Gasteiger partial charge >= 0.3 is 18.1 Å². The van der Waals surface area contributed by atoms with Crippen LogP contribution in [0.25, 0.3) is 21.3 Å². The van der Waals surface area contributed by atoms with Gasteiger partial charge in [0.05, 0.1) is 28.6 Å². The number of nitrogens with two attached hydrogens (primary N) is 1. The fourth-order valence-corrected chi connectivity index (χ4v) is 16.4. The highest BCUT2D eigenvalue weighted by atomic mass is 32.1. The van der Waals surface area contributed by atoms with E-state index in [2.05, 4.69) is 38.5 Å². The van der Waals surface area contributed by atoms with E-state index >= 15 is 0 Å². The first-order chi connectivity index (χ1) is 46.4. The van der Waals surface area contributed by atoms with Crippen molar-refractivity contribution in [2.24, 2.45) is 28.4 Å². The van der Waals surface area contributed by atoms with Crippen molar-refractivity contribution in [2.45, 2.75) is 149 Å². The summed E-state index contributed by atoms with van der Waals surface area (Å²) in [5.74, 6) is -2.98. The number of carbonyl (C=O) groups is 9. The lowest BCUT2D eigenvalue weighted by atomic mass is 9.43. The molecule has 97 heavy (non-hydrogen) atoms. The summed E-state index contributed by atoms with van der Waals surface area (Å²) in [4.78, 5) is 130. The number of anilines is 3. The van der Waals surface area contributed by atoms with Gasteiger partial charge in [-0.2, -0.15) is 5.10 Å². The summed E-state index contributed by atoms with van der Waals surface area (Å²) in [6, 6.07) is 21.1. The van der Waals surface area contributed by atoms with E-state index in [1.165, 1.54) is 28.4 Å². The summed E-state index contributed by atoms with van der Waals surface area (Å²) < 4.78 is 15.7. The summed E-state index contributed by atoms with van der Waals surface area (Å²) in [7, 11) is 1.67. The molecule has 4 unspecified atom stereocenters. The van der Waals surface area contributed by atoms with Gasteiger partial charge in [0.25, 0.3) is 17.7 Å². The summed E-state index contributed by atoms with van der Waals surface area (Å²) in [5, 5.41) is 30.0. The molecule has 4 aliphatic carbocycles. The van der Waals surface area contributed by atoms with Gasteiger partial charge in [-0.3, -0.25) is 43.7 Å². The van der Waals surface area contributed by atoms with Crippen molar-refractivity contribution in [3.8, 4) is 11.1 Å². The predicted molar refractivity (Wildman–Crippen MR) is 364 cm³/mol. The number of hydrogen-bond acceptors (Lipinski definition) is 16. The number of ether oxygens (including phenoxy) is 2. The third-order valence-corrected chi connectivity index (χ3v) is 20.5. The number of carboxylic acids is 1. The Morgan fingerprint density at radius 1 is 0.845 bits per heavy atom. The first-order valence-corrected chi connectivity index (χ1v) is 34.1. The monoisotopic (exact) mass is 1340 g/mol. The topological polar surface area (TPSA) is 332 Å². The molecule has 9 amide bonds. The van der Waals surface area contributed by atoms with Crippen LogP contribution in [0.1, 0.15) is 141 Å². The summed E-state index contributed by atoms with van der Waals surface area (Å²) in [6.07, 6.45) is 12.2. The summed E-state index contributed by atoms with van der Waals surface area (Å²) in [6.45, 7) is 10.4. The minimum Gasteiger partial charge on any atom is -0.476 e. The number of pyridine rings is 1. The maximum absolute atomic E-state index is 13.8. The number of amides is 9. The average molecular weight is 1340 g/mol. The van der Waals surface area contributed by atoms with E-state index in [0.29, 0.717) is 110 Å². The number of urea groups is 1. The molecule has 6 atom stereocenters. The van der Waals surface area contributed by atoms with Gasteiger partial charge in [0, 0.05) is 93.0 Å². The van der Waals surface area contributed by atoms with Gasteiger partial charge in [0.15, 0.2) is 10.8 Å². The molecule has 0 spiro atoms. The molecular weight excluding hydrogens is 1260 g/mol. The standard InChI is InChI=1S/C71H85N13O12S/c1-43(2)60(79-57(85)18-7-6-10-29-83-58(86)25-26-59(83)87)64(90)76-54(16-12-28-73-66(72)93)63(89)75-48-21-19-45(20-22-48)38-95-68(94)81(5)31-32-96-71-35-46-33-69(4,40-71)39-70(34-46,41-71)42-84-44(3)51(36-74-84)49-23-24-56(78-61(49)65(91)92)82-30-27-47-13-11-14-50(52(47)37-82)62(88)80-67-77-53-15-8-9-17-55(53)97-67/h8-9,11,13-15,17,19-26,36,43,46,54,60H,6-7,10,12,16,18,27-35,37-42H2,1-5H3,(H,75,89)(H,76,90)(H,79,85)(H,91,92)(H3,72,73,93)(H,77,80,88)/t46?,54-,60-,69?,70?,71?/m0/s1. The molecule has 4 bridgehead atoms. The number of para-hydroxylation sites is 1. The van der Waals surface area contributed by atoms with Crippen molar-refractivity contribution in [3.63, 3.8) is 0 Å². The molecule has 5 heterocycles. The SMILES string of the molecule is Cc1c(-c2ccc(N3CCc4cccc(C(=O)Nc5nc6ccccc6s5)c4C3)nc2C(=O)O)cnn1CC12CC3CC(C)(C1)CC(OCCN(C)C(=O)OCc1ccc(NC(=O)[C@H](CCCNC(N)=O)NC(=O)[C@@H](NC(=O)CCCCCN4C(=O)C=CC4=O)C(C)C)cc1)(C3)C2. The number of aromatic nitrogens is 4. The van der Waals surface area contributed by atoms with Gasteiger partial charge in [0.1, 0.15) is 24.5 Å². The van der Waals surface area contributed by atoms with Crippen LogP contribution in [0.3, 0.4) is 0 Å². The predicted octanol–water partition coefficient (Wildman–Crippen LogP) is 8.89. The van der Waals surface area contributed by atoms with E-state index < -0.39 is 47.6 Å². The lowest BCUT2D eigenvalue weighted by molar-refractivity contribution is -0.223. The number of imide groups is 1. The maximum atomic E-state index is 13.8. The molecule has 512 valence electrons. The highest BCUT2D eigenvalue weighted by Gasteiger charge is 2.62. The summed E-state index contributed by atoms with van der Waals surface area (Å²) in [5.41, 5.74) is 11.1. The lowest BCUT2D eigenvalue weighted by Gasteiger charge is -2.65. The molecule has 6 aromatic rings. The zero-order chi connectivity index (χ0) is 68.8. The number of benzene rings is 3. The smallest absolute Gasteiger partial charge is 0.409 e. The zero-order valence-electron chi connectivity index (χ0n) is 55.5. The molecular formula is C71H85N13O12S. The fourth-order valence-electron chi connectivity index (χ4n) is 15.5. The Morgan fingerprint density at radius 3 is 2.37 bits per heavy atom. The lowest BCUT2D eigenvalue weighted by Crippen LogP contribution is -2.61. The van der Waals surface area contributed by atoms with Crippen LogP contribution in [-0.4, -0.2) is 146 Å². The summed E-state index contributed by atoms with van der Waals surface area (Å²) >= 11 is 1.42. The molecule has 4 fully saturated rings. The number of primary amides is 1. The molecule has 4 saturated carbocycles. The third kappa shape index (κ3) is 16.3.